The van der Waals surface area contributed by atoms with E-state index >= 15 is 0 Å². The summed E-state index contributed by atoms with van der Waals surface area (Å²) in [7, 11) is 2.21. The van der Waals surface area contributed by atoms with E-state index in [0.717, 1.165) is 24.7 Å². The number of ketones is 1. The van der Waals surface area contributed by atoms with Crippen LogP contribution in [0.5, 0.6) is 0 Å². The lowest BCUT2D eigenvalue weighted by atomic mass is 9.71. The molecular formula is C10H15NO. The minimum atomic E-state index is 0.512. The Morgan fingerprint density at radius 3 is 2.08 bits per heavy atom. The predicted molar refractivity (Wildman–Crippen MR) is 45.8 cm³/mol. The van der Waals surface area contributed by atoms with Crippen molar-refractivity contribution >= 4 is 5.78 Å². The van der Waals surface area contributed by atoms with Crippen LogP contribution in [0, 0.1) is 11.8 Å². The zero-order valence-electron chi connectivity index (χ0n) is 7.49. The smallest absolute Gasteiger partial charge is 0.136 e. The lowest BCUT2D eigenvalue weighted by molar-refractivity contribution is -0.123. The van der Waals surface area contributed by atoms with E-state index < -0.39 is 0 Å². The molecule has 0 spiro atoms. The molecule has 2 aliphatic heterocycles. The second kappa shape index (κ2) is 2.11. The zero-order chi connectivity index (χ0) is 8.29. The van der Waals surface area contributed by atoms with E-state index in [-0.39, 0.29) is 0 Å². The van der Waals surface area contributed by atoms with Gasteiger partial charge in [0.05, 0.1) is 0 Å². The van der Waals surface area contributed by atoms with Crippen molar-refractivity contribution in [2.45, 2.75) is 37.8 Å². The Kier molecular flexibility index (Phi) is 1.24. The van der Waals surface area contributed by atoms with Crippen LogP contribution in [0.3, 0.4) is 0 Å². The number of carbonyl (C=O) groups excluding carboxylic acids is 1. The fraction of sp³-hybridized carbons (Fsp3) is 0.900. The summed E-state index contributed by atoms with van der Waals surface area (Å²) < 4.78 is 0. The van der Waals surface area contributed by atoms with Crippen LogP contribution < -0.4 is 0 Å². The number of nitrogens with zero attached hydrogens (tertiary/aromatic N) is 1. The highest BCUT2D eigenvalue weighted by Gasteiger charge is 2.54. The highest BCUT2D eigenvalue weighted by molar-refractivity contribution is 5.81. The fourth-order valence-corrected chi connectivity index (χ4v) is 3.50. The number of carbonyl (C=O) groups is 1. The van der Waals surface area contributed by atoms with Gasteiger partial charge in [0.25, 0.3) is 0 Å². The number of hydrogen-bond donors (Lipinski definition) is 0. The van der Waals surface area contributed by atoms with Crippen molar-refractivity contribution in [3.63, 3.8) is 0 Å². The maximum atomic E-state index is 11.4. The first kappa shape index (κ1) is 7.07. The van der Waals surface area contributed by atoms with Crippen LogP contribution in [0.15, 0.2) is 0 Å². The van der Waals surface area contributed by atoms with Gasteiger partial charge in [-0.15, -0.1) is 0 Å². The molecule has 2 bridgehead atoms. The van der Waals surface area contributed by atoms with Crippen molar-refractivity contribution in [1.82, 2.24) is 4.90 Å². The van der Waals surface area contributed by atoms with Crippen LogP contribution in [-0.2, 0) is 4.79 Å². The van der Waals surface area contributed by atoms with Gasteiger partial charge in [0, 0.05) is 24.9 Å². The number of hydrogen-bond acceptors (Lipinski definition) is 2. The Hall–Kier alpha value is -0.370. The van der Waals surface area contributed by atoms with Gasteiger partial charge in [-0.05, 0) is 31.7 Å². The first-order valence-corrected chi connectivity index (χ1v) is 5.01. The van der Waals surface area contributed by atoms with Gasteiger partial charge in [-0.1, -0.05) is 0 Å². The molecule has 1 aliphatic carbocycles. The van der Waals surface area contributed by atoms with Gasteiger partial charge in [0.15, 0.2) is 0 Å². The van der Waals surface area contributed by atoms with Crippen molar-refractivity contribution < 1.29 is 4.79 Å². The van der Waals surface area contributed by atoms with Crippen molar-refractivity contribution in [3.05, 3.63) is 0 Å². The molecule has 2 saturated heterocycles. The standard InChI is InChI=1S/C10H15NO/c1-11-9-4-6(12)5-10(11)8-3-2-7(8)9/h7-10H,2-5H2,1H3. The Balaban J connectivity index is 1.95. The van der Waals surface area contributed by atoms with Gasteiger partial charge in [0.1, 0.15) is 5.78 Å². The lowest BCUT2D eigenvalue weighted by Crippen LogP contribution is -2.41. The highest BCUT2D eigenvalue weighted by Crippen LogP contribution is 2.52. The first-order chi connectivity index (χ1) is 5.77. The molecule has 4 atom stereocenters. The Morgan fingerprint density at radius 2 is 1.67 bits per heavy atom. The summed E-state index contributed by atoms with van der Waals surface area (Å²) in [6.07, 6.45) is 4.44. The third kappa shape index (κ3) is 0.674. The molecule has 0 N–H and O–H groups in total. The largest absolute Gasteiger partial charge is 0.300 e. The van der Waals surface area contributed by atoms with Gasteiger partial charge >= 0.3 is 0 Å². The summed E-state index contributed by atoms with van der Waals surface area (Å²) >= 11 is 0. The van der Waals surface area contributed by atoms with Crippen molar-refractivity contribution in [2.24, 2.45) is 11.8 Å². The number of piperidine rings is 1. The quantitative estimate of drug-likeness (QED) is 0.535. The third-order valence-electron chi connectivity index (χ3n) is 4.29. The molecule has 3 aliphatic rings. The molecule has 2 heteroatoms. The molecule has 4 unspecified atom stereocenters. The molecule has 66 valence electrons. The van der Waals surface area contributed by atoms with Gasteiger partial charge in [0.2, 0.25) is 0 Å². The normalized spacial score (nSPS) is 51.9. The number of Topliss-reactive ketones (excluding diaryl/α,β-unsaturated/α-hetero) is 1. The molecule has 2 nitrogen and oxygen atoms in total. The molecule has 0 radical (unpaired) electrons. The number of fused-ring (bicyclic) bond motifs is 5. The molecule has 0 aromatic carbocycles. The molecule has 1 saturated carbocycles. The molecule has 0 aromatic rings. The van der Waals surface area contributed by atoms with E-state index in [2.05, 4.69) is 11.9 Å². The van der Waals surface area contributed by atoms with E-state index in [0.29, 0.717) is 17.9 Å². The summed E-state index contributed by atoms with van der Waals surface area (Å²) in [6, 6.07) is 1.24. The zero-order valence-corrected chi connectivity index (χ0v) is 7.49. The van der Waals surface area contributed by atoms with Crippen molar-refractivity contribution in [1.29, 1.82) is 0 Å². The van der Waals surface area contributed by atoms with Crippen LogP contribution in [-0.4, -0.2) is 29.8 Å². The Labute approximate surface area is 72.9 Å². The van der Waals surface area contributed by atoms with E-state index in [9.17, 15) is 4.79 Å². The Bertz CT molecular complexity index is 212. The fourth-order valence-electron chi connectivity index (χ4n) is 3.50. The summed E-state index contributed by atoms with van der Waals surface area (Å²) in [5, 5.41) is 0. The van der Waals surface area contributed by atoms with E-state index in [1.807, 2.05) is 0 Å². The predicted octanol–water partition coefficient (Wildman–Crippen LogP) is 1.06. The van der Waals surface area contributed by atoms with Gasteiger partial charge in [-0.3, -0.25) is 9.69 Å². The van der Waals surface area contributed by atoms with Crippen LogP contribution in [0.2, 0.25) is 0 Å². The molecule has 12 heavy (non-hydrogen) atoms. The second-order valence-electron chi connectivity index (χ2n) is 4.65. The SMILES string of the molecule is CN1C2CC(=O)CC1C1CCC12. The summed E-state index contributed by atoms with van der Waals surface area (Å²) in [5.41, 5.74) is 0. The van der Waals surface area contributed by atoms with Crippen LogP contribution in [0.25, 0.3) is 0 Å². The number of rotatable bonds is 0. The third-order valence-corrected chi connectivity index (χ3v) is 4.29. The van der Waals surface area contributed by atoms with E-state index in [1.54, 1.807) is 0 Å². The van der Waals surface area contributed by atoms with Crippen LogP contribution in [0.4, 0.5) is 0 Å². The maximum Gasteiger partial charge on any atom is 0.136 e. The maximum absolute atomic E-state index is 11.4. The van der Waals surface area contributed by atoms with Crippen LogP contribution >= 0.6 is 0 Å². The van der Waals surface area contributed by atoms with E-state index in [1.165, 1.54) is 12.8 Å². The molecule has 2 heterocycles. The van der Waals surface area contributed by atoms with Crippen molar-refractivity contribution in [2.75, 3.05) is 7.05 Å². The second-order valence-corrected chi connectivity index (χ2v) is 4.65. The van der Waals surface area contributed by atoms with Gasteiger partial charge in [-0.2, -0.15) is 0 Å². The monoisotopic (exact) mass is 165 g/mol. The molecular weight excluding hydrogens is 150 g/mol. The average molecular weight is 165 g/mol. The average Bonchev–Trinajstić information content (AvgIpc) is 2.10. The minimum absolute atomic E-state index is 0.512. The summed E-state index contributed by atoms with van der Waals surface area (Å²) in [6.45, 7) is 0. The topological polar surface area (TPSA) is 20.3 Å². The molecule has 0 aromatic heterocycles. The van der Waals surface area contributed by atoms with Crippen molar-refractivity contribution in [3.8, 4) is 0 Å². The molecule has 0 amide bonds. The van der Waals surface area contributed by atoms with E-state index in [4.69, 9.17) is 0 Å². The Morgan fingerprint density at radius 1 is 1.17 bits per heavy atom. The van der Waals surface area contributed by atoms with Gasteiger partial charge < -0.3 is 0 Å². The summed E-state index contributed by atoms with van der Waals surface area (Å²) in [4.78, 5) is 13.8. The first-order valence-electron chi connectivity index (χ1n) is 5.01. The van der Waals surface area contributed by atoms with Gasteiger partial charge in [-0.25, -0.2) is 0 Å². The lowest BCUT2D eigenvalue weighted by Gasteiger charge is -2.32. The highest BCUT2D eigenvalue weighted by atomic mass is 16.1. The van der Waals surface area contributed by atoms with Crippen LogP contribution in [0.1, 0.15) is 25.7 Å². The summed E-state index contributed by atoms with van der Waals surface area (Å²) in [5.74, 6) is 2.27. The minimum Gasteiger partial charge on any atom is -0.300 e. The molecule has 3 rings (SSSR count). The molecule has 3 fully saturated rings.